The molecule has 0 radical (unpaired) electrons. The minimum absolute atomic E-state index is 0.00221. The zero-order valence-electron chi connectivity index (χ0n) is 33.2. The molecule has 3 aliphatic heterocycles. The Morgan fingerprint density at radius 2 is 1.88 bits per heavy atom. The Bertz CT molecular complexity index is 1790. The highest BCUT2D eigenvalue weighted by atomic mass is 32.2. The van der Waals surface area contributed by atoms with E-state index in [0.717, 1.165) is 73.5 Å². The van der Waals surface area contributed by atoms with E-state index in [0.29, 0.717) is 49.3 Å². The van der Waals surface area contributed by atoms with Gasteiger partial charge in [0.15, 0.2) is 0 Å². The van der Waals surface area contributed by atoms with Crippen molar-refractivity contribution in [2.45, 2.75) is 77.0 Å². The molecular weight excluding hydrogens is 737 g/mol. The minimum atomic E-state index is -1.01. The molecule has 6 rings (SSSR count). The van der Waals surface area contributed by atoms with Crippen LogP contribution < -0.4 is 9.64 Å². The highest BCUT2D eigenvalue weighted by Crippen LogP contribution is 2.42. The predicted octanol–water partition coefficient (Wildman–Crippen LogP) is 7.73. The Labute approximate surface area is 334 Å². The minimum Gasteiger partial charge on any atom is -0.493 e. The summed E-state index contributed by atoms with van der Waals surface area (Å²) in [5.41, 5.74) is 1.42. The molecule has 0 bridgehead atoms. The summed E-state index contributed by atoms with van der Waals surface area (Å²) >= 11 is 0.957. The number of nitrogens with zero attached hydrogens (tertiary/aromatic N) is 7. The molecule has 0 saturated carbocycles. The summed E-state index contributed by atoms with van der Waals surface area (Å²) in [6.45, 7) is 19.2. The first kappa shape index (κ1) is 42.9. The molecule has 2 fully saturated rings. The number of halogens is 2. The van der Waals surface area contributed by atoms with Gasteiger partial charge in [-0.2, -0.15) is 5.10 Å². The van der Waals surface area contributed by atoms with E-state index in [4.69, 9.17) is 14.0 Å². The summed E-state index contributed by atoms with van der Waals surface area (Å²) in [5, 5.41) is 15.3. The molecule has 0 amide bonds. The van der Waals surface area contributed by atoms with Crippen molar-refractivity contribution in [2.75, 3.05) is 50.8 Å². The number of hydrogen-bond donors (Lipinski definition) is 2. The lowest BCUT2D eigenvalue weighted by molar-refractivity contribution is -0.0432. The third kappa shape index (κ3) is 11.0. The molecule has 5 atom stereocenters. The number of aromatic nitrogens is 3. The van der Waals surface area contributed by atoms with Crippen molar-refractivity contribution in [3.8, 4) is 5.75 Å². The van der Waals surface area contributed by atoms with Crippen LogP contribution in [0.2, 0.25) is 0 Å². The van der Waals surface area contributed by atoms with Crippen molar-refractivity contribution in [1.29, 1.82) is 0 Å². The van der Waals surface area contributed by atoms with Gasteiger partial charge >= 0.3 is 0 Å². The summed E-state index contributed by atoms with van der Waals surface area (Å²) < 4.78 is 51.2. The second-order valence-corrected chi connectivity index (χ2v) is 16.0. The smallest absolute Gasteiger partial charge is 0.141 e. The van der Waals surface area contributed by atoms with Crippen molar-refractivity contribution in [2.24, 2.45) is 16.8 Å². The summed E-state index contributed by atoms with van der Waals surface area (Å²) in [5.74, 6) is 0.0986. The summed E-state index contributed by atoms with van der Waals surface area (Å²) in [6, 6.07) is 11.7. The van der Waals surface area contributed by atoms with Gasteiger partial charge in [0.05, 0.1) is 26.1 Å². The Morgan fingerprint density at radius 1 is 1.12 bits per heavy atom. The van der Waals surface area contributed by atoms with Crippen LogP contribution in [0.25, 0.3) is 0 Å². The number of hydrogen-bond acceptors (Lipinski definition) is 11. The van der Waals surface area contributed by atoms with Gasteiger partial charge in [-0.3, -0.25) is 4.99 Å². The van der Waals surface area contributed by atoms with E-state index in [1.54, 1.807) is 17.3 Å². The summed E-state index contributed by atoms with van der Waals surface area (Å²) in [7, 11) is 0. The van der Waals surface area contributed by atoms with E-state index >= 15 is 0 Å². The Kier molecular flexibility index (Phi) is 15.1. The van der Waals surface area contributed by atoms with Gasteiger partial charge < -0.3 is 33.8 Å². The van der Waals surface area contributed by atoms with Gasteiger partial charge in [-0.05, 0) is 86.8 Å². The largest absolute Gasteiger partial charge is 0.493 e. The summed E-state index contributed by atoms with van der Waals surface area (Å²) in [4.78, 5) is 14.8. The van der Waals surface area contributed by atoms with E-state index in [9.17, 15) is 13.9 Å². The summed E-state index contributed by atoms with van der Waals surface area (Å²) in [6.07, 6.45) is 12.8. The monoisotopic (exact) mass is 793 g/mol. The molecule has 2 saturated heterocycles. The molecule has 11 nitrogen and oxygen atoms in total. The molecule has 14 heteroatoms. The number of aliphatic hydroxyl groups is 1. The van der Waals surface area contributed by atoms with Gasteiger partial charge in [-0.1, -0.05) is 39.8 Å². The van der Waals surface area contributed by atoms with Crippen LogP contribution in [0.1, 0.15) is 59.4 Å². The number of anilines is 1. The van der Waals surface area contributed by atoms with Crippen molar-refractivity contribution in [3.05, 3.63) is 109 Å². The molecule has 1 aromatic heterocycles. The fourth-order valence-corrected chi connectivity index (χ4v) is 7.53. The Morgan fingerprint density at radius 3 is 2.48 bits per heavy atom. The van der Waals surface area contributed by atoms with Gasteiger partial charge in [0, 0.05) is 79.0 Å². The number of benzene rings is 2. The molecule has 2 N–H and O–H groups in total. The highest BCUT2D eigenvalue weighted by Gasteiger charge is 2.44. The molecular formula is C42H57F2N7O4S. The number of piperazine rings is 1. The molecule has 304 valence electrons. The second-order valence-electron chi connectivity index (χ2n) is 15.0. The van der Waals surface area contributed by atoms with E-state index in [2.05, 4.69) is 57.4 Å². The lowest BCUT2D eigenvalue weighted by Gasteiger charge is -2.39. The first-order valence-electron chi connectivity index (χ1n) is 19.4. The average Bonchev–Trinajstić information content (AvgIpc) is 3.87. The first-order chi connectivity index (χ1) is 26.9. The lowest BCUT2D eigenvalue weighted by Crippen LogP contribution is -2.47. The van der Waals surface area contributed by atoms with Gasteiger partial charge in [0.1, 0.15) is 41.4 Å². The Hall–Kier alpha value is -4.24. The molecule has 2 aromatic carbocycles. The highest BCUT2D eigenvalue weighted by molar-refractivity contribution is 7.94. The fraction of sp³-hybridized carbons (Fsp3) is 0.500. The van der Waals surface area contributed by atoms with E-state index in [1.807, 2.05) is 56.0 Å². The zero-order valence-corrected chi connectivity index (χ0v) is 34.0. The molecule has 3 aliphatic rings. The second kappa shape index (κ2) is 19.8. The van der Waals surface area contributed by atoms with Crippen LogP contribution in [-0.2, 0) is 16.9 Å². The predicted molar refractivity (Wildman–Crippen MR) is 219 cm³/mol. The van der Waals surface area contributed by atoms with Gasteiger partial charge in [-0.15, -0.1) is 0 Å². The van der Waals surface area contributed by atoms with Crippen LogP contribution in [0.5, 0.6) is 5.75 Å². The van der Waals surface area contributed by atoms with Gasteiger partial charge in [-0.25, -0.2) is 18.4 Å². The van der Waals surface area contributed by atoms with E-state index in [1.165, 1.54) is 18.5 Å². The van der Waals surface area contributed by atoms with Crippen LogP contribution in [-0.4, -0.2) is 97.5 Å². The Balaban J connectivity index is 0.000000677. The third-order valence-electron chi connectivity index (χ3n) is 11.0. The quantitative estimate of drug-likeness (QED) is 0.124. The normalized spacial score (nSPS) is 24.1. The first-order valence-corrected chi connectivity index (χ1v) is 20.2. The van der Waals surface area contributed by atoms with Crippen molar-refractivity contribution in [3.63, 3.8) is 0 Å². The fourth-order valence-electron chi connectivity index (χ4n) is 7.13. The van der Waals surface area contributed by atoms with E-state index < -0.39 is 23.0 Å². The standard InChI is InChI=1S/C36H43F2N7O3.C6H14OS/c1-4-30(7-5-27(2)45-26-39-14-13-35(45,3)46)42-15-17-43(18-16-42)31-8-10-32(11-9-31)47-21-28-20-36(48-22-28,23-44-25-40-24-41-44)33-12-6-29(37)19-34(33)38;1-4-5(2)6(3)8-7/h4-12,19,24-26,28,46H,1,13-18,20-23H2,2-3H3;5-7H,4H2,1-3H3/b27-5+,30-7+;/t28-,35?,36+;5-,6-/m10/s1. The van der Waals surface area contributed by atoms with Crippen molar-refractivity contribution >= 4 is 24.1 Å². The van der Waals surface area contributed by atoms with Crippen LogP contribution >= 0.6 is 12.0 Å². The van der Waals surface area contributed by atoms with Crippen molar-refractivity contribution in [1.82, 2.24) is 24.6 Å². The molecule has 0 aliphatic carbocycles. The van der Waals surface area contributed by atoms with Crippen LogP contribution in [0.4, 0.5) is 14.5 Å². The third-order valence-corrected chi connectivity index (χ3v) is 11.8. The van der Waals surface area contributed by atoms with E-state index in [-0.39, 0.29) is 12.5 Å². The van der Waals surface area contributed by atoms with Crippen molar-refractivity contribution < 1.29 is 27.9 Å². The number of ether oxygens (including phenoxy) is 2. The molecule has 56 heavy (non-hydrogen) atoms. The van der Waals surface area contributed by atoms with Crippen LogP contribution in [0.3, 0.4) is 0 Å². The average molecular weight is 794 g/mol. The number of allylic oxidation sites excluding steroid dienone is 4. The maximum absolute atomic E-state index is 14.9. The maximum atomic E-state index is 14.9. The molecule has 1 unspecified atom stereocenters. The van der Waals surface area contributed by atoms with Gasteiger partial charge in [0.25, 0.3) is 0 Å². The van der Waals surface area contributed by atoms with Crippen LogP contribution in [0.15, 0.2) is 96.3 Å². The molecule has 3 aromatic rings. The molecule has 0 spiro atoms. The van der Waals surface area contributed by atoms with Crippen LogP contribution in [0, 0.1) is 23.5 Å². The lowest BCUT2D eigenvalue weighted by atomic mass is 9.87. The number of aliphatic imine (C=N–C) groups is 1. The SMILES string of the molecule is C=C/C(=C\C=C(/C)N1C=NCCC1(C)O)N1CCN(c2ccc(OC[C@@H]3CO[C@@](Cn4cncn4)(c4ccc(F)cc4F)C3)cc2)CC1.CC[C@H](C)[C@H](C)SO. The molecule has 4 heterocycles. The van der Waals surface area contributed by atoms with Gasteiger partial charge in [0.2, 0.25) is 0 Å². The maximum Gasteiger partial charge on any atom is 0.141 e. The zero-order chi connectivity index (χ0) is 40.3. The topological polar surface area (TPSA) is 112 Å². The number of rotatable bonds is 14.